The van der Waals surface area contributed by atoms with Gasteiger partial charge in [0.05, 0.1) is 23.1 Å². The topological polar surface area (TPSA) is 92.6 Å². The highest BCUT2D eigenvalue weighted by atomic mass is 16.5. The van der Waals surface area contributed by atoms with Gasteiger partial charge in [-0.05, 0) is 30.9 Å². The molecule has 1 aliphatic heterocycles. The molecule has 26 heavy (non-hydrogen) atoms. The van der Waals surface area contributed by atoms with Gasteiger partial charge in [-0.25, -0.2) is 9.78 Å². The van der Waals surface area contributed by atoms with Gasteiger partial charge in [-0.15, -0.1) is 0 Å². The Morgan fingerprint density at radius 1 is 1.35 bits per heavy atom. The summed E-state index contributed by atoms with van der Waals surface area (Å²) in [5.74, 6) is -0.617. The summed E-state index contributed by atoms with van der Waals surface area (Å²) in [6.45, 7) is 1.55. The van der Waals surface area contributed by atoms with Crippen LogP contribution in [0.5, 0.6) is 0 Å². The maximum absolute atomic E-state index is 11.9. The van der Waals surface area contributed by atoms with E-state index in [0.29, 0.717) is 18.2 Å². The highest BCUT2D eigenvalue weighted by molar-refractivity contribution is 5.89. The number of rotatable bonds is 6. The number of carboxylic acid groups (broad SMARTS) is 1. The van der Waals surface area contributed by atoms with E-state index in [1.54, 1.807) is 30.6 Å². The van der Waals surface area contributed by atoms with Gasteiger partial charge in [0.2, 0.25) is 5.91 Å². The van der Waals surface area contributed by atoms with Gasteiger partial charge in [-0.1, -0.05) is 12.1 Å². The van der Waals surface area contributed by atoms with Crippen molar-refractivity contribution in [2.45, 2.75) is 12.8 Å². The van der Waals surface area contributed by atoms with Gasteiger partial charge in [-0.3, -0.25) is 9.78 Å². The maximum Gasteiger partial charge on any atom is 0.335 e. The number of likely N-dealkylation sites (tertiary alicyclic amines) is 1. The molecule has 0 bridgehead atoms. The zero-order valence-corrected chi connectivity index (χ0v) is 14.6. The van der Waals surface area contributed by atoms with Gasteiger partial charge in [0, 0.05) is 32.0 Å². The fourth-order valence-corrected chi connectivity index (χ4v) is 3.19. The van der Waals surface area contributed by atoms with Crippen molar-refractivity contribution in [3.05, 3.63) is 47.9 Å². The number of aromatic nitrogens is 2. The number of benzene rings is 1. The molecule has 2 aromatic rings. The Kier molecular flexibility index (Phi) is 5.58. The number of hydrogen-bond acceptors (Lipinski definition) is 5. The average molecular weight is 355 g/mol. The Morgan fingerprint density at radius 3 is 2.96 bits per heavy atom. The van der Waals surface area contributed by atoms with Crippen molar-refractivity contribution in [2.24, 2.45) is 5.92 Å². The fraction of sp³-hybridized carbons (Fsp3) is 0.368. The first-order valence-electron chi connectivity index (χ1n) is 8.48. The van der Waals surface area contributed by atoms with E-state index in [2.05, 4.69) is 9.97 Å². The average Bonchev–Trinajstić information content (AvgIpc) is 3.11. The van der Waals surface area contributed by atoms with Crippen LogP contribution in [0, 0.1) is 5.92 Å². The van der Waals surface area contributed by atoms with E-state index in [1.165, 1.54) is 7.11 Å². The molecule has 0 unspecified atom stereocenters. The third-order valence-electron chi connectivity index (χ3n) is 4.49. The van der Waals surface area contributed by atoms with Crippen LogP contribution >= 0.6 is 0 Å². The minimum absolute atomic E-state index is 0.0142. The maximum atomic E-state index is 11.9. The largest absolute Gasteiger partial charge is 0.478 e. The lowest BCUT2D eigenvalue weighted by Crippen LogP contribution is -2.31. The van der Waals surface area contributed by atoms with E-state index in [9.17, 15) is 9.59 Å². The molecule has 7 heteroatoms. The minimum Gasteiger partial charge on any atom is -0.478 e. The Balaban J connectivity index is 1.70. The number of ether oxygens (including phenoxy) is 1. The fourth-order valence-electron chi connectivity index (χ4n) is 3.19. The summed E-state index contributed by atoms with van der Waals surface area (Å²) in [6.07, 6.45) is 5.02. The third-order valence-corrected chi connectivity index (χ3v) is 4.49. The highest BCUT2D eigenvalue weighted by Gasteiger charge is 2.26. The molecule has 0 aliphatic carbocycles. The van der Waals surface area contributed by atoms with Crippen molar-refractivity contribution >= 4 is 11.9 Å². The highest BCUT2D eigenvalue weighted by Crippen LogP contribution is 2.22. The molecule has 136 valence electrons. The number of carboxylic acids is 1. The Morgan fingerprint density at radius 2 is 2.19 bits per heavy atom. The summed E-state index contributed by atoms with van der Waals surface area (Å²) in [5, 5.41) is 9.13. The van der Waals surface area contributed by atoms with Crippen molar-refractivity contribution in [3.8, 4) is 11.3 Å². The molecule has 1 atom stereocenters. The number of methoxy groups -OCH3 is 1. The number of carbonyl (C=O) groups is 2. The Bertz CT molecular complexity index is 809. The van der Waals surface area contributed by atoms with Crippen LogP contribution in [0.2, 0.25) is 0 Å². The van der Waals surface area contributed by atoms with Crippen molar-refractivity contribution < 1.29 is 19.4 Å². The molecule has 1 aromatic carbocycles. The van der Waals surface area contributed by atoms with Gasteiger partial charge >= 0.3 is 5.97 Å². The normalized spacial score (nSPS) is 16.7. The zero-order valence-electron chi connectivity index (χ0n) is 14.6. The molecule has 2 heterocycles. The van der Waals surface area contributed by atoms with E-state index >= 15 is 0 Å². The molecule has 7 nitrogen and oxygen atoms in total. The summed E-state index contributed by atoms with van der Waals surface area (Å²) in [5.41, 5.74) is 2.44. The predicted octanol–water partition coefficient (Wildman–Crippen LogP) is 1.88. The number of nitrogens with zero attached hydrogens (tertiary/aromatic N) is 3. The summed E-state index contributed by atoms with van der Waals surface area (Å²) in [6, 6.07) is 6.66. The second kappa shape index (κ2) is 8.05. The van der Waals surface area contributed by atoms with Crippen molar-refractivity contribution in [1.29, 1.82) is 0 Å². The monoisotopic (exact) mass is 355 g/mol. The Labute approximate surface area is 151 Å². The van der Waals surface area contributed by atoms with Crippen LogP contribution in [0.4, 0.5) is 0 Å². The number of carbonyl (C=O) groups excluding carboxylic acids is 1. The predicted molar refractivity (Wildman–Crippen MR) is 94.7 cm³/mol. The van der Waals surface area contributed by atoms with Crippen LogP contribution < -0.4 is 0 Å². The lowest BCUT2D eigenvalue weighted by Gasteiger charge is -2.16. The molecule has 1 saturated heterocycles. The van der Waals surface area contributed by atoms with E-state index in [-0.39, 0.29) is 18.1 Å². The smallest absolute Gasteiger partial charge is 0.335 e. The van der Waals surface area contributed by atoms with Crippen LogP contribution in [-0.2, 0) is 16.0 Å². The van der Waals surface area contributed by atoms with Crippen LogP contribution in [0.15, 0.2) is 36.7 Å². The molecule has 1 N–H and O–H groups in total. The first kappa shape index (κ1) is 18.0. The van der Waals surface area contributed by atoms with Gasteiger partial charge in [0.1, 0.15) is 6.61 Å². The number of aromatic carboxylic acids is 1. The lowest BCUT2D eigenvalue weighted by molar-refractivity contribution is -0.134. The quantitative estimate of drug-likeness (QED) is 0.850. The van der Waals surface area contributed by atoms with Crippen molar-refractivity contribution in [1.82, 2.24) is 14.9 Å². The van der Waals surface area contributed by atoms with Crippen LogP contribution in [0.25, 0.3) is 11.3 Å². The van der Waals surface area contributed by atoms with Gasteiger partial charge < -0.3 is 14.7 Å². The number of amides is 1. The molecule has 3 rings (SSSR count). The molecule has 0 saturated carbocycles. The zero-order chi connectivity index (χ0) is 18.5. The van der Waals surface area contributed by atoms with Crippen LogP contribution in [0.1, 0.15) is 22.5 Å². The van der Waals surface area contributed by atoms with Gasteiger partial charge in [0.25, 0.3) is 0 Å². The van der Waals surface area contributed by atoms with E-state index < -0.39 is 5.97 Å². The lowest BCUT2D eigenvalue weighted by atomic mass is 10.0. The van der Waals surface area contributed by atoms with Crippen LogP contribution in [-0.4, -0.2) is 58.7 Å². The Hall–Kier alpha value is -2.80. The molecular weight excluding hydrogens is 334 g/mol. The second-order valence-electron chi connectivity index (χ2n) is 6.41. The molecule has 0 spiro atoms. The first-order valence-corrected chi connectivity index (χ1v) is 8.48. The minimum atomic E-state index is -0.970. The molecule has 1 aliphatic rings. The standard InChI is InChI=1S/C19H21N3O4/c1-26-12-18(23)22-6-5-13(11-22)7-16-9-20-10-17(21-16)14-3-2-4-15(8-14)19(24)25/h2-4,8-10,13H,5-7,11-12H2,1H3,(H,24,25)/t13-/m0/s1. The molecule has 1 fully saturated rings. The SMILES string of the molecule is COCC(=O)N1CC[C@@H](Cc2cncc(-c3cccc(C(=O)O)c3)n2)C1. The molecule has 1 aromatic heterocycles. The van der Waals surface area contributed by atoms with E-state index in [1.807, 2.05) is 11.0 Å². The first-order chi connectivity index (χ1) is 12.6. The molecular formula is C19H21N3O4. The molecule has 0 radical (unpaired) electrons. The summed E-state index contributed by atoms with van der Waals surface area (Å²) in [7, 11) is 1.52. The van der Waals surface area contributed by atoms with E-state index in [4.69, 9.17) is 9.84 Å². The van der Waals surface area contributed by atoms with Crippen molar-refractivity contribution in [3.63, 3.8) is 0 Å². The van der Waals surface area contributed by atoms with E-state index in [0.717, 1.165) is 30.6 Å². The van der Waals surface area contributed by atoms with Gasteiger partial charge in [-0.2, -0.15) is 0 Å². The number of hydrogen-bond donors (Lipinski definition) is 1. The second-order valence-corrected chi connectivity index (χ2v) is 6.41. The molecule has 1 amide bonds. The van der Waals surface area contributed by atoms with Crippen LogP contribution in [0.3, 0.4) is 0 Å². The summed E-state index contributed by atoms with van der Waals surface area (Å²) < 4.78 is 4.91. The van der Waals surface area contributed by atoms with Gasteiger partial charge in [0.15, 0.2) is 0 Å². The summed E-state index contributed by atoms with van der Waals surface area (Å²) >= 11 is 0. The third kappa shape index (κ3) is 4.23. The summed E-state index contributed by atoms with van der Waals surface area (Å²) in [4.78, 5) is 33.7. The van der Waals surface area contributed by atoms with Crippen molar-refractivity contribution in [2.75, 3.05) is 26.8 Å².